The second-order valence-electron chi connectivity index (χ2n) is 3.98. The van der Waals surface area contributed by atoms with Gasteiger partial charge in [-0.2, -0.15) is 0 Å². The molecule has 0 N–H and O–H groups in total. The van der Waals surface area contributed by atoms with E-state index in [2.05, 4.69) is 6.92 Å². The molecule has 0 aliphatic rings. The minimum atomic E-state index is -0.217. The van der Waals surface area contributed by atoms with Crippen LogP contribution in [0.25, 0.3) is 0 Å². The fourth-order valence-corrected chi connectivity index (χ4v) is 1.47. The summed E-state index contributed by atoms with van der Waals surface area (Å²) in [6.45, 7) is 5.08. The van der Waals surface area contributed by atoms with Crippen molar-refractivity contribution in [1.82, 2.24) is 0 Å². The summed E-state index contributed by atoms with van der Waals surface area (Å²) in [7, 11) is 0. The van der Waals surface area contributed by atoms with E-state index in [9.17, 15) is 9.59 Å². The minimum Gasteiger partial charge on any atom is -0.463 e. The van der Waals surface area contributed by atoms with Gasteiger partial charge in [-0.05, 0) is 26.2 Å². The molecular formula is C13H22O3. The van der Waals surface area contributed by atoms with Gasteiger partial charge in [0, 0.05) is 13.3 Å². The van der Waals surface area contributed by atoms with E-state index in [4.69, 9.17) is 4.74 Å². The molecule has 0 spiro atoms. The molecule has 0 fully saturated rings. The van der Waals surface area contributed by atoms with Crippen LogP contribution in [0.5, 0.6) is 0 Å². The predicted molar refractivity (Wildman–Crippen MR) is 64.1 cm³/mol. The Morgan fingerprint density at radius 2 is 1.88 bits per heavy atom. The largest absolute Gasteiger partial charge is 0.463 e. The molecule has 3 nitrogen and oxygen atoms in total. The van der Waals surface area contributed by atoms with Gasteiger partial charge in [-0.25, -0.2) is 0 Å². The molecule has 3 heteroatoms. The third-order valence-electron chi connectivity index (χ3n) is 2.17. The van der Waals surface area contributed by atoms with Crippen LogP contribution in [0.15, 0.2) is 12.2 Å². The Morgan fingerprint density at radius 3 is 2.38 bits per heavy atom. The molecule has 92 valence electrons. The Kier molecular flexibility index (Phi) is 8.49. The lowest BCUT2D eigenvalue weighted by atomic mass is 10.1. The third-order valence-corrected chi connectivity index (χ3v) is 2.17. The van der Waals surface area contributed by atoms with Crippen molar-refractivity contribution in [3.8, 4) is 0 Å². The number of esters is 1. The second kappa shape index (κ2) is 9.13. The van der Waals surface area contributed by atoms with Gasteiger partial charge in [0.15, 0.2) is 0 Å². The van der Waals surface area contributed by atoms with E-state index >= 15 is 0 Å². The van der Waals surface area contributed by atoms with Crippen LogP contribution in [0.2, 0.25) is 0 Å². The molecule has 0 radical (unpaired) electrons. The van der Waals surface area contributed by atoms with E-state index in [0.29, 0.717) is 6.42 Å². The topological polar surface area (TPSA) is 43.4 Å². The van der Waals surface area contributed by atoms with Crippen LogP contribution in [0.4, 0.5) is 0 Å². The summed E-state index contributed by atoms with van der Waals surface area (Å²) in [6, 6.07) is 0. The highest BCUT2D eigenvalue weighted by molar-refractivity contribution is 5.76. The molecule has 16 heavy (non-hydrogen) atoms. The first-order valence-electron chi connectivity index (χ1n) is 5.88. The summed E-state index contributed by atoms with van der Waals surface area (Å²) in [5, 5.41) is 0. The number of Topliss-reactive ketones (excluding diaryl/α,β-unsaturated/α-hetero) is 1. The summed E-state index contributed by atoms with van der Waals surface area (Å²) in [5.74, 6) is -0.0486. The number of carbonyl (C=O) groups excluding carboxylic acids is 2. The van der Waals surface area contributed by atoms with Gasteiger partial charge in [0.1, 0.15) is 11.9 Å². The Hall–Kier alpha value is -1.12. The zero-order valence-corrected chi connectivity index (χ0v) is 10.5. The fourth-order valence-electron chi connectivity index (χ4n) is 1.47. The molecule has 0 saturated heterocycles. The average molecular weight is 226 g/mol. The second-order valence-corrected chi connectivity index (χ2v) is 3.98. The molecule has 0 amide bonds. The highest BCUT2D eigenvalue weighted by Crippen LogP contribution is 2.10. The third kappa shape index (κ3) is 9.44. The molecule has 0 aliphatic carbocycles. The van der Waals surface area contributed by atoms with Gasteiger partial charge in [0.25, 0.3) is 0 Å². The number of hydrogen-bond acceptors (Lipinski definition) is 3. The van der Waals surface area contributed by atoms with E-state index in [0.717, 1.165) is 25.7 Å². The van der Waals surface area contributed by atoms with E-state index in [1.54, 1.807) is 6.92 Å². The number of carbonyl (C=O) groups is 2. The first-order valence-corrected chi connectivity index (χ1v) is 5.88. The van der Waals surface area contributed by atoms with Gasteiger partial charge in [0.2, 0.25) is 0 Å². The number of hydrogen-bond donors (Lipinski definition) is 0. The summed E-state index contributed by atoms with van der Waals surface area (Å²) in [6.07, 6.45) is 7.96. The van der Waals surface area contributed by atoms with E-state index < -0.39 is 0 Å². The predicted octanol–water partition coefficient (Wildman–Crippen LogP) is 3.03. The SMILES string of the molecule is CCCC(CCC=CCC(C)=O)OC(C)=O. The van der Waals surface area contributed by atoms with Crippen LogP contribution in [0.1, 0.15) is 52.9 Å². The van der Waals surface area contributed by atoms with Crippen LogP contribution in [0, 0.1) is 0 Å². The summed E-state index contributed by atoms with van der Waals surface area (Å²) in [5.41, 5.74) is 0. The molecule has 0 aromatic heterocycles. The molecule has 0 aliphatic heterocycles. The van der Waals surface area contributed by atoms with Crippen molar-refractivity contribution in [1.29, 1.82) is 0 Å². The number of allylic oxidation sites excluding steroid dienone is 2. The maximum Gasteiger partial charge on any atom is 0.302 e. The van der Waals surface area contributed by atoms with Crippen LogP contribution in [-0.2, 0) is 14.3 Å². The van der Waals surface area contributed by atoms with Crippen molar-refractivity contribution in [3.05, 3.63) is 12.2 Å². The van der Waals surface area contributed by atoms with Crippen molar-refractivity contribution in [2.45, 2.75) is 59.0 Å². The molecule has 0 bridgehead atoms. The molecule has 0 saturated carbocycles. The molecule has 1 atom stereocenters. The molecule has 1 unspecified atom stereocenters. The standard InChI is InChI=1S/C13H22O3/c1-4-8-13(16-12(3)15)10-7-5-6-9-11(2)14/h5-6,13H,4,7-10H2,1-3H3. The Labute approximate surface area is 97.9 Å². The van der Waals surface area contributed by atoms with Crippen molar-refractivity contribution >= 4 is 11.8 Å². The number of ether oxygens (including phenoxy) is 1. The van der Waals surface area contributed by atoms with Crippen LogP contribution in [-0.4, -0.2) is 17.9 Å². The lowest BCUT2D eigenvalue weighted by molar-refractivity contribution is -0.146. The maximum absolute atomic E-state index is 10.8. The van der Waals surface area contributed by atoms with Gasteiger partial charge in [-0.3, -0.25) is 9.59 Å². The highest BCUT2D eigenvalue weighted by Gasteiger charge is 2.09. The van der Waals surface area contributed by atoms with Gasteiger partial charge >= 0.3 is 5.97 Å². The monoisotopic (exact) mass is 226 g/mol. The molecular weight excluding hydrogens is 204 g/mol. The van der Waals surface area contributed by atoms with E-state index in [1.807, 2.05) is 12.2 Å². The Bertz CT molecular complexity index is 244. The fraction of sp³-hybridized carbons (Fsp3) is 0.692. The molecule has 0 rings (SSSR count). The minimum absolute atomic E-state index is 0.0180. The van der Waals surface area contributed by atoms with Crippen LogP contribution < -0.4 is 0 Å². The van der Waals surface area contributed by atoms with Gasteiger partial charge in [-0.1, -0.05) is 25.5 Å². The first-order chi connectivity index (χ1) is 7.56. The normalized spacial score (nSPS) is 12.7. The molecule has 0 aromatic rings. The highest BCUT2D eigenvalue weighted by atomic mass is 16.5. The van der Waals surface area contributed by atoms with E-state index in [-0.39, 0.29) is 17.9 Å². The maximum atomic E-state index is 10.8. The number of ketones is 1. The summed E-state index contributed by atoms with van der Waals surface area (Å²) in [4.78, 5) is 21.5. The number of rotatable bonds is 8. The Balaban J connectivity index is 3.78. The summed E-state index contributed by atoms with van der Waals surface area (Å²) < 4.78 is 5.18. The zero-order valence-electron chi connectivity index (χ0n) is 10.5. The van der Waals surface area contributed by atoms with Crippen molar-refractivity contribution < 1.29 is 14.3 Å². The van der Waals surface area contributed by atoms with Gasteiger partial charge < -0.3 is 4.74 Å². The van der Waals surface area contributed by atoms with Gasteiger partial charge in [-0.15, -0.1) is 0 Å². The van der Waals surface area contributed by atoms with Crippen LogP contribution in [0.3, 0.4) is 0 Å². The quantitative estimate of drug-likeness (QED) is 0.472. The van der Waals surface area contributed by atoms with Crippen molar-refractivity contribution in [2.24, 2.45) is 0 Å². The van der Waals surface area contributed by atoms with E-state index in [1.165, 1.54) is 6.92 Å². The first kappa shape index (κ1) is 14.9. The van der Waals surface area contributed by atoms with Crippen molar-refractivity contribution in [3.63, 3.8) is 0 Å². The molecule has 0 heterocycles. The lowest BCUT2D eigenvalue weighted by Crippen LogP contribution is -2.15. The zero-order chi connectivity index (χ0) is 12.4. The summed E-state index contributed by atoms with van der Waals surface area (Å²) >= 11 is 0. The lowest BCUT2D eigenvalue weighted by Gasteiger charge is -2.14. The average Bonchev–Trinajstić information content (AvgIpc) is 2.16. The van der Waals surface area contributed by atoms with Crippen molar-refractivity contribution in [2.75, 3.05) is 0 Å². The Morgan fingerprint density at radius 1 is 1.19 bits per heavy atom. The van der Waals surface area contributed by atoms with Crippen LogP contribution >= 0.6 is 0 Å². The smallest absolute Gasteiger partial charge is 0.302 e. The molecule has 0 aromatic carbocycles. The van der Waals surface area contributed by atoms with Gasteiger partial charge in [0.05, 0.1) is 0 Å².